The summed E-state index contributed by atoms with van der Waals surface area (Å²) < 4.78 is 14.1. The number of fused-ring (bicyclic) bond motifs is 1. The van der Waals surface area contributed by atoms with Gasteiger partial charge in [-0.2, -0.15) is 0 Å². The zero-order chi connectivity index (χ0) is 15.9. The Morgan fingerprint density at radius 3 is 2.61 bits per heavy atom. The molecule has 0 aliphatic heterocycles. The largest absolute Gasteiger partial charge is 0.349 e. The van der Waals surface area contributed by atoms with Crippen LogP contribution in [0.4, 0.5) is 4.39 Å². The summed E-state index contributed by atoms with van der Waals surface area (Å²) in [6.07, 6.45) is 2.03. The van der Waals surface area contributed by atoms with Gasteiger partial charge < -0.3 is 5.32 Å². The summed E-state index contributed by atoms with van der Waals surface area (Å²) in [6, 6.07) is 14.3. The highest BCUT2D eigenvalue weighted by Crippen LogP contribution is 2.47. The van der Waals surface area contributed by atoms with Gasteiger partial charge >= 0.3 is 0 Å². The normalized spacial score (nSPS) is 15.5. The van der Waals surface area contributed by atoms with Crippen LogP contribution >= 0.6 is 11.3 Å². The van der Waals surface area contributed by atoms with Gasteiger partial charge in [0, 0.05) is 12.0 Å². The average molecular weight is 326 g/mol. The molecule has 4 rings (SSSR count). The lowest BCUT2D eigenvalue weighted by molar-refractivity contribution is 0.0949. The molecule has 23 heavy (non-hydrogen) atoms. The van der Waals surface area contributed by atoms with Gasteiger partial charge in [0.25, 0.3) is 5.91 Å². The quantitative estimate of drug-likeness (QED) is 0.790. The Labute approximate surface area is 137 Å². The predicted molar refractivity (Wildman–Crippen MR) is 89.3 cm³/mol. The van der Waals surface area contributed by atoms with Crippen molar-refractivity contribution in [3.63, 3.8) is 0 Å². The molecular formula is C18H15FN2OS. The van der Waals surface area contributed by atoms with E-state index in [9.17, 15) is 9.18 Å². The third-order valence-electron chi connectivity index (χ3n) is 4.39. The number of nitrogens with zero attached hydrogens (tertiary/aromatic N) is 1. The van der Waals surface area contributed by atoms with Gasteiger partial charge in [0.05, 0.1) is 10.2 Å². The van der Waals surface area contributed by atoms with E-state index in [4.69, 9.17) is 0 Å². The van der Waals surface area contributed by atoms with Crippen LogP contribution in [0.1, 0.15) is 28.2 Å². The zero-order valence-electron chi connectivity index (χ0n) is 12.4. The number of carbonyl (C=O) groups excluding carboxylic acids is 1. The van der Waals surface area contributed by atoms with E-state index in [2.05, 4.69) is 10.3 Å². The number of thiazole rings is 1. The number of benzene rings is 2. The molecule has 1 saturated carbocycles. The van der Waals surface area contributed by atoms with Gasteiger partial charge in [-0.05, 0) is 42.7 Å². The highest BCUT2D eigenvalue weighted by Gasteiger charge is 2.44. The van der Waals surface area contributed by atoms with Crippen molar-refractivity contribution in [3.05, 3.63) is 64.9 Å². The molecule has 1 amide bonds. The Morgan fingerprint density at radius 1 is 1.17 bits per heavy atom. The molecule has 3 nitrogen and oxygen atoms in total. The molecule has 116 valence electrons. The first kappa shape index (κ1) is 14.3. The van der Waals surface area contributed by atoms with Crippen molar-refractivity contribution in [1.82, 2.24) is 10.3 Å². The molecule has 0 unspecified atom stereocenters. The van der Waals surface area contributed by atoms with Crippen LogP contribution in [0.3, 0.4) is 0 Å². The fourth-order valence-corrected chi connectivity index (χ4v) is 3.70. The molecule has 2 aromatic carbocycles. The van der Waals surface area contributed by atoms with E-state index in [1.807, 2.05) is 36.4 Å². The molecule has 0 atom stereocenters. The van der Waals surface area contributed by atoms with E-state index in [0.29, 0.717) is 11.6 Å². The summed E-state index contributed by atoms with van der Waals surface area (Å²) >= 11 is 1.40. The Morgan fingerprint density at radius 2 is 1.91 bits per heavy atom. The number of halogens is 1. The first-order chi connectivity index (χ1) is 11.2. The smallest absolute Gasteiger partial charge is 0.280 e. The van der Waals surface area contributed by atoms with Crippen molar-refractivity contribution in [1.29, 1.82) is 0 Å². The third kappa shape index (κ3) is 2.72. The topological polar surface area (TPSA) is 42.0 Å². The van der Waals surface area contributed by atoms with Gasteiger partial charge in [-0.15, -0.1) is 11.3 Å². The minimum atomic E-state index is -0.233. The minimum Gasteiger partial charge on any atom is -0.349 e. The summed E-state index contributed by atoms with van der Waals surface area (Å²) in [5, 5.41) is 3.48. The first-order valence-electron chi connectivity index (χ1n) is 7.56. The Kier molecular flexibility index (Phi) is 3.38. The average Bonchev–Trinajstić information content (AvgIpc) is 3.23. The Balaban J connectivity index is 1.48. The molecule has 0 saturated heterocycles. The van der Waals surface area contributed by atoms with Crippen LogP contribution in [-0.2, 0) is 5.41 Å². The molecule has 1 aromatic heterocycles. The standard InChI is InChI=1S/C18H15FN2OS/c19-13-7-5-12(6-8-13)18(9-10-18)11-20-16(22)17-21-14-3-1-2-4-15(14)23-17/h1-8H,9-11H2,(H,20,22). The fourth-order valence-electron chi connectivity index (χ4n) is 2.82. The van der Waals surface area contributed by atoms with Gasteiger partial charge in [0.2, 0.25) is 0 Å². The molecule has 1 aliphatic carbocycles. The number of aromatic nitrogens is 1. The number of rotatable bonds is 4. The van der Waals surface area contributed by atoms with Gasteiger partial charge in [-0.1, -0.05) is 24.3 Å². The SMILES string of the molecule is O=C(NCC1(c2ccc(F)cc2)CC1)c1nc2ccccc2s1. The number of para-hydroxylation sites is 1. The van der Waals surface area contributed by atoms with Crippen LogP contribution in [0, 0.1) is 5.82 Å². The molecular weight excluding hydrogens is 311 g/mol. The number of hydrogen-bond acceptors (Lipinski definition) is 3. The van der Waals surface area contributed by atoms with Crippen LogP contribution in [-0.4, -0.2) is 17.4 Å². The van der Waals surface area contributed by atoms with E-state index < -0.39 is 0 Å². The maximum absolute atomic E-state index is 13.1. The van der Waals surface area contributed by atoms with Crippen molar-refractivity contribution in [3.8, 4) is 0 Å². The van der Waals surface area contributed by atoms with E-state index in [1.165, 1.54) is 23.5 Å². The van der Waals surface area contributed by atoms with Crippen LogP contribution in [0.25, 0.3) is 10.2 Å². The Hall–Kier alpha value is -2.27. The van der Waals surface area contributed by atoms with Gasteiger partial charge in [-0.25, -0.2) is 9.37 Å². The summed E-state index contributed by atoms with van der Waals surface area (Å²) in [7, 11) is 0. The maximum atomic E-state index is 13.1. The molecule has 0 bridgehead atoms. The van der Waals surface area contributed by atoms with Crippen molar-refractivity contribution in [2.24, 2.45) is 0 Å². The van der Waals surface area contributed by atoms with E-state index >= 15 is 0 Å². The van der Waals surface area contributed by atoms with Crippen molar-refractivity contribution in [2.45, 2.75) is 18.3 Å². The molecule has 0 spiro atoms. The lowest BCUT2D eigenvalue weighted by Gasteiger charge is -2.16. The van der Waals surface area contributed by atoms with Crippen LogP contribution < -0.4 is 5.32 Å². The molecule has 1 fully saturated rings. The second-order valence-corrected chi connectivity index (χ2v) is 6.99. The lowest BCUT2D eigenvalue weighted by atomic mass is 9.96. The maximum Gasteiger partial charge on any atom is 0.280 e. The van der Waals surface area contributed by atoms with Crippen molar-refractivity contribution >= 4 is 27.5 Å². The minimum absolute atomic E-state index is 0.0416. The molecule has 3 aromatic rings. The second-order valence-electron chi connectivity index (χ2n) is 5.96. The molecule has 1 aliphatic rings. The van der Waals surface area contributed by atoms with Gasteiger partial charge in [0.15, 0.2) is 5.01 Å². The number of hydrogen-bond donors (Lipinski definition) is 1. The third-order valence-corrected chi connectivity index (χ3v) is 5.42. The second kappa shape index (κ2) is 5.42. The summed E-state index contributed by atoms with van der Waals surface area (Å²) in [5.74, 6) is -0.373. The van der Waals surface area contributed by atoms with E-state index in [-0.39, 0.29) is 17.1 Å². The zero-order valence-corrected chi connectivity index (χ0v) is 13.2. The van der Waals surface area contributed by atoms with E-state index in [0.717, 1.165) is 28.6 Å². The molecule has 0 radical (unpaired) electrons. The van der Waals surface area contributed by atoms with Crippen LogP contribution in [0.15, 0.2) is 48.5 Å². The fraction of sp³-hybridized carbons (Fsp3) is 0.222. The monoisotopic (exact) mass is 326 g/mol. The predicted octanol–water partition coefficient (Wildman–Crippen LogP) is 3.90. The highest BCUT2D eigenvalue weighted by atomic mass is 32.1. The molecule has 5 heteroatoms. The lowest BCUT2D eigenvalue weighted by Crippen LogP contribution is -2.32. The summed E-state index contributed by atoms with van der Waals surface area (Å²) in [4.78, 5) is 16.7. The summed E-state index contributed by atoms with van der Waals surface area (Å²) in [6.45, 7) is 0.563. The van der Waals surface area contributed by atoms with Crippen LogP contribution in [0.5, 0.6) is 0 Å². The molecule has 1 heterocycles. The van der Waals surface area contributed by atoms with Crippen LogP contribution in [0.2, 0.25) is 0 Å². The van der Waals surface area contributed by atoms with Crippen molar-refractivity contribution in [2.75, 3.05) is 6.54 Å². The van der Waals surface area contributed by atoms with Crippen molar-refractivity contribution < 1.29 is 9.18 Å². The first-order valence-corrected chi connectivity index (χ1v) is 8.38. The van der Waals surface area contributed by atoms with Gasteiger partial charge in [-0.3, -0.25) is 4.79 Å². The number of amides is 1. The highest BCUT2D eigenvalue weighted by molar-refractivity contribution is 7.20. The number of nitrogens with one attached hydrogen (secondary N) is 1. The van der Waals surface area contributed by atoms with Gasteiger partial charge in [0.1, 0.15) is 5.82 Å². The van der Waals surface area contributed by atoms with E-state index in [1.54, 1.807) is 0 Å². The summed E-state index contributed by atoms with van der Waals surface area (Å²) in [5.41, 5.74) is 1.89. The Bertz CT molecular complexity index is 835. The molecule has 1 N–H and O–H groups in total. The number of carbonyl (C=O) groups is 1.